The zero-order valence-corrected chi connectivity index (χ0v) is 28.2. The zero-order chi connectivity index (χ0) is 34.3. The molecule has 3 heterocycles. The number of carbonyl (C=O) groups excluding carboxylic acids is 2. The van der Waals surface area contributed by atoms with Crippen molar-refractivity contribution < 1.29 is 31.5 Å². The number of ether oxygens (including phenoxy) is 1. The number of piperidine rings is 2. The number of benzene rings is 2. The molecule has 2 aliphatic heterocycles. The van der Waals surface area contributed by atoms with Crippen LogP contribution in [-0.4, -0.2) is 75.8 Å². The number of aromatic amines is 1. The Balaban J connectivity index is 1.21. The minimum atomic E-state index is -3.89. The maximum absolute atomic E-state index is 13.9. The number of nitrogens with two attached hydrogens (primary N) is 1. The van der Waals surface area contributed by atoms with E-state index in [0.29, 0.717) is 22.4 Å². The molecule has 1 spiro atoms. The third-order valence-electron chi connectivity index (χ3n) is 9.96. The van der Waals surface area contributed by atoms with Crippen LogP contribution < -0.4 is 25.6 Å². The molecule has 0 unspecified atom stereocenters. The fourth-order valence-electron chi connectivity index (χ4n) is 6.55. The molecule has 3 fully saturated rings. The van der Waals surface area contributed by atoms with Crippen molar-refractivity contribution in [3.8, 4) is 0 Å². The number of hydrogen-bond acceptors (Lipinski definition) is 8. The molecule has 1 amide bonds. The predicted molar refractivity (Wildman–Crippen MR) is 183 cm³/mol. The monoisotopic (exact) mass is 686 g/mol. The third-order valence-corrected chi connectivity index (χ3v) is 11.2. The van der Waals surface area contributed by atoms with E-state index < -0.39 is 33.7 Å². The SMILES string of the molecule is CC(C)[C@@H](N)C(=O)OCCS(=O)(=O)Nc1ccc(C(=O)Nc2cc(N3CCC(F)(F)CC3)c3[nH]ccc3c2)c(N2CCC3(CC2)CC3)c1. The van der Waals surface area contributed by atoms with Crippen molar-refractivity contribution in [2.45, 2.75) is 64.3 Å². The summed E-state index contributed by atoms with van der Waals surface area (Å²) < 4.78 is 61.4. The van der Waals surface area contributed by atoms with Gasteiger partial charge in [0, 0.05) is 56.3 Å². The molecule has 1 aliphatic carbocycles. The second-order valence-electron chi connectivity index (χ2n) is 13.8. The molecule has 2 aromatic carbocycles. The van der Waals surface area contributed by atoms with E-state index in [4.69, 9.17) is 10.5 Å². The Hall–Kier alpha value is -3.91. The fraction of sp³-hybridized carbons (Fsp3) is 0.529. The van der Waals surface area contributed by atoms with E-state index in [1.165, 1.54) is 18.9 Å². The number of sulfonamides is 1. The summed E-state index contributed by atoms with van der Waals surface area (Å²) in [7, 11) is -3.89. The number of nitrogens with one attached hydrogen (secondary N) is 3. The summed E-state index contributed by atoms with van der Waals surface area (Å²) in [6.45, 7) is 5.08. The predicted octanol–water partition coefficient (Wildman–Crippen LogP) is 5.30. The highest BCUT2D eigenvalue weighted by molar-refractivity contribution is 7.92. The Kier molecular flexibility index (Phi) is 9.33. The first-order valence-corrected chi connectivity index (χ1v) is 18.3. The molecule has 11 nitrogen and oxygen atoms in total. The summed E-state index contributed by atoms with van der Waals surface area (Å²) in [5.74, 6) is -4.31. The second-order valence-corrected chi connectivity index (χ2v) is 15.7. The van der Waals surface area contributed by atoms with Crippen molar-refractivity contribution >= 4 is 55.6 Å². The van der Waals surface area contributed by atoms with Gasteiger partial charge in [-0.05, 0) is 73.4 Å². The third kappa shape index (κ3) is 7.70. The lowest BCUT2D eigenvalue weighted by atomic mass is 9.93. The van der Waals surface area contributed by atoms with Gasteiger partial charge in [0.15, 0.2) is 0 Å². The molecule has 260 valence electrons. The number of H-pyrrole nitrogens is 1. The van der Waals surface area contributed by atoms with Crippen LogP contribution >= 0.6 is 0 Å². The van der Waals surface area contributed by atoms with E-state index in [2.05, 4.69) is 19.9 Å². The second kappa shape index (κ2) is 13.2. The lowest BCUT2D eigenvalue weighted by Gasteiger charge is -2.35. The summed E-state index contributed by atoms with van der Waals surface area (Å²) in [4.78, 5) is 33.2. The Morgan fingerprint density at radius 1 is 0.938 bits per heavy atom. The molecular weight excluding hydrogens is 642 g/mol. The van der Waals surface area contributed by atoms with Gasteiger partial charge in [-0.25, -0.2) is 17.2 Å². The van der Waals surface area contributed by atoms with Crippen LogP contribution in [0.1, 0.15) is 62.7 Å². The van der Waals surface area contributed by atoms with E-state index >= 15 is 0 Å². The molecule has 14 heteroatoms. The maximum atomic E-state index is 13.9. The highest BCUT2D eigenvalue weighted by Gasteiger charge is 2.44. The minimum Gasteiger partial charge on any atom is -0.463 e. The van der Waals surface area contributed by atoms with Gasteiger partial charge in [0.2, 0.25) is 10.0 Å². The van der Waals surface area contributed by atoms with Gasteiger partial charge in [-0.1, -0.05) is 13.8 Å². The summed E-state index contributed by atoms with van der Waals surface area (Å²) >= 11 is 0. The van der Waals surface area contributed by atoms with Crippen molar-refractivity contribution in [2.24, 2.45) is 17.1 Å². The molecule has 48 heavy (non-hydrogen) atoms. The van der Waals surface area contributed by atoms with Gasteiger partial charge in [0.05, 0.1) is 28.1 Å². The first kappa shape index (κ1) is 34.0. The molecule has 3 aliphatic rings. The molecule has 3 aromatic rings. The first-order valence-electron chi connectivity index (χ1n) is 16.6. The number of nitrogens with zero attached hydrogens (tertiary/aromatic N) is 2. The number of fused-ring (bicyclic) bond motifs is 1. The molecular formula is C34H44F2N6O5S. The molecule has 1 saturated carbocycles. The molecule has 6 rings (SSSR count). The molecule has 1 aromatic heterocycles. The summed E-state index contributed by atoms with van der Waals surface area (Å²) in [6, 6.07) is 9.50. The number of halogens is 2. The number of hydrogen-bond donors (Lipinski definition) is 4. The van der Waals surface area contributed by atoms with Crippen LogP contribution in [0.25, 0.3) is 10.9 Å². The van der Waals surface area contributed by atoms with Crippen LogP contribution in [0, 0.1) is 11.3 Å². The van der Waals surface area contributed by atoms with Crippen LogP contribution in [0.4, 0.5) is 31.5 Å². The molecule has 0 bridgehead atoms. The average Bonchev–Trinajstić information content (AvgIpc) is 3.61. The number of alkyl halides is 2. The quantitative estimate of drug-likeness (QED) is 0.199. The number of carbonyl (C=O) groups is 2. The highest BCUT2D eigenvalue weighted by atomic mass is 32.2. The number of esters is 1. The number of anilines is 4. The fourth-order valence-corrected chi connectivity index (χ4v) is 7.44. The smallest absolute Gasteiger partial charge is 0.323 e. The van der Waals surface area contributed by atoms with Crippen LogP contribution in [-0.2, 0) is 19.6 Å². The van der Waals surface area contributed by atoms with Gasteiger partial charge < -0.3 is 30.6 Å². The van der Waals surface area contributed by atoms with E-state index in [1.54, 1.807) is 38.2 Å². The summed E-state index contributed by atoms with van der Waals surface area (Å²) in [5, 5.41) is 3.86. The van der Waals surface area contributed by atoms with Gasteiger partial charge in [0.25, 0.3) is 11.8 Å². The molecule has 0 radical (unpaired) electrons. The first-order chi connectivity index (χ1) is 22.7. The van der Waals surface area contributed by atoms with Crippen LogP contribution in [0.2, 0.25) is 0 Å². The van der Waals surface area contributed by atoms with E-state index in [0.717, 1.165) is 42.5 Å². The maximum Gasteiger partial charge on any atom is 0.323 e. The molecule has 1 atom stereocenters. The standard InChI is InChI=1S/C34H44F2N6O5S/c1-22(2)29(37)32(44)47-17-18-48(45,46)40-24-3-4-26(27(20-24)41-13-8-33(6-7-33)9-14-41)31(43)39-25-19-23-5-12-38-30(23)28(21-25)42-15-10-34(35,36)11-16-42/h3-5,12,19-22,29,38,40H,6-11,13-18,37H2,1-2H3,(H,39,43)/t29-/m1/s1. The van der Waals surface area contributed by atoms with Crippen molar-refractivity contribution in [1.82, 2.24) is 4.98 Å². The van der Waals surface area contributed by atoms with Crippen LogP contribution in [0.15, 0.2) is 42.6 Å². The lowest BCUT2D eigenvalue weighted by Crippen LogP contribution is -2.39. The summed E-state index contributed by atoms with van der Waals surface area (Å²) in [5.41, 5.74) is 9.55. The van der Waals surface area contributed by atoms with Crippen molar-refractivity contribution in [2.75, 3.05) is 58.4 Å². The van der Waals surface area contributed by atoms with Gasteiger partial charge in [-0.3, -0.25) is 14.3 Å². The Bertz CT molecular complexity index is 1770. The largest absolute Gasteiger partial charge is 0.463 e. The lowest BCUT2D eigenvalue weighted by molar-refractivity contribution is -0.145. The minimum absolute atomic E-state index is 0.143. The zero-order valence-electron chi connectivity index (χ0n) is 27.4. The van der Waals surface area contributed by atoms with Crippen molar-refractivity contribution in [1.29, 1.82) is 0 Å². The van der Waals surface area contributed by atoms with Gasteiger partial charge in [-0.2, -0.15) is 0 Å². The summed E-state index contributed by atoms with van der Waals surface area (Å²) in [6.07, 6.45) is 5.72. The highest BCUT2D eigenvalue weighted by Crippen LogP contribution is 2.54. The van der Waals surface area contributed by atoms with Crippen LogP contribution in [0.3, 0.4) is 0 Å². The van der Waals surface area contributed by atoms with Crippen molar-refractivity contribution in [3.05, 3.63) is 48.2 Å². The average molecular weight is 687 g/mol. The Labute approximate surface area is 279 Å². The van der Waals surface area contributed by atoms with Crippen LogP contribution in [0.5, 0.6) is 0 Å². The Morgan fingerprint density at radius 3 is 2.25 bits per heavy atom. The number of rotatable bonds is 11. The normalized spacial score (nSPS) is 19.4. The van der Waals surface area contributed by atoms with Gasteiger partial charge in [0.1, 0.15) is 18.4 Å². The van der Waals surface area contributed by atoms with Crippen molar-refractivity contribution in [3.63, 3.8) is 0 Å². The van der Waals surface area contributed by atoms with Gasteiger partial charge in [-0.15, -0.1) is 0 Å². The Morgan fingerprint density at radius 2 is 1.58 bits per heavy atom. The van der Waals surface area contributed by atoms with E-state index in [1.807, 2.05) is 17.0 Å². The molecule has 2 saturated heterocycles. The van der Waals surface area contributed by atoms with E-state index in [-0.39, 0.29) is 50.1 Å². The number of aromatic nitrogens is 1. The van der Waals surface area contributed by atoms with Gasteiger partial charge >= 0.3 is 5.97 Å². The number of amides is 1. The molecule has 5 N–H and O–H groups in total. The van der Waals surface area contributed by atoms with E-state index in [9.17, 15) is 26.8 Å². The topological polar surface area (TPSA) is 150 Å².